The topological polar surface area (TPSA) is 103 Å². The predicted molar refractivity (Wildman–Crippen MR) is 82.1 cm³/mol. The summed E-state index contributed by atoms with van der Waals surface area (Å²) in [6.45, 7) is 2.90. The van der Waals surface area contributed by atoms with Crippen molar-refractivity contribution in [2.24, 2.45) is 0 Å². The van der Waals surface area contributed by atoms with Crippen molar-refractivity contribution in [1.82, 2.24) is 14.8 Å². The molecule has 0 saturated heterocycles. The summed E-state index contributed by atoms with van der Waals surface area (Å²) < 4.78 is 6.73. The molecule has 0 aliphatic rings. The Morgan fingerprint density at radius 2 is 2.23 bits per heavy atom. The highest BCUT2D eigenvalue weighted by atomic mass is 16.5. The van der Waals surface area contributed by atoms with Gasteiger partial charge in [0, 0.05) is 24.9 Å². The average Bonchev–Trinajstić information content (AvgIpc) is 2.97. The fourth-order valence-corrected chi connectivity index (χ4v) is 2.00. The van der Waals surface area contributed by atoms with E-state index in [2.05, 4.69) is 10.1 Å². The molecule has 2 heterocycles. The van der Waals surface area contributed by atoms with Crippen LogP contribution in [0, 0.1) is 0 Å². The number of unbranched alkanes of at least 4 members (excludes halogenated alkanes) is 1. The molecule has 22 heavy (non-hydrogen) atoms. The molecule has 7 heteroatoms. The van der Waals surface area contributed by atoms with E-state index in [0.29, 0.717) is 5.69 Å². The third-order valence-corrected chi connectivity index (χ3v) is 3.12. The molecule has 0 radical (unpaired) electrons. The molecule has 0 amide bonds. The van der Waals surface area contributed by atoms with Gasteiger partial charge < -0.3 is 15.6 Å². The van der Waals surface area contributed by atoms with Gasteiger partial charge >= 0.3 is 5.97 Å². The van der Waals surface area contributed by atoms with Crippen LogP contribution in [-0.4, -0.2) is 39.1 Å². The van der Waals surface area contributed by atoms with E-state index in [-0.39, 0.29) is 24.6 Å². The number of aryl methyl sites for hydroxylation is 1. The zero-order valence-electron chi connectivity index (χ0n) is 12.5. The number of carbonyl (C=O) groups excluding carboxylic acids is 1. The highest BCUT2D eigenvalue weighted by Crippen LogP contribution is 2.20. The Hall–Kier alpha value is -2.41. The number of aliphatic hydroxyl groups excluding tert-OH is 1. The van der Waals surface area contributed by atoms with Crippen molar-refractivity contribution in [2.45, 2.75) is 26.3 Å². The van der Waals surface area contributed by atoms with E-state index in [1.807, 2.05) is 6.20 Å². The number of anilines is 1. The molecule has 2 rings (SSSR count). The van der Waals surface area contributed by atoms with E-state index in [0.717, 1.165) is 24.9 Å². The molecular formula is C15H20N4O3. The molecule has 0 aliphatic heterocycles. The maximum atomic E-state index is 11.8. The second-order valence-electron chi connectivity index (χ2n) is 4.78. The minimum Gasteiger partial charge on any atom is -0.461 e. The number of ether oxygens (including phenoxy) is 1. The third kappa shape index (κ3) is 3.82. The summed E-state index contributed by atoms with van der Waals surface area (Å²) in [4.78, 5) is 16.1. The van der Waals surface area contributed by atoms with Gasteiger partial charge in [-0.2, -0.15) is 5.10 Å². The fraction of sp³-hybridized carbons (Fsp3) is 0.400. The van der Waals surface area contributed by atoms with Gasteiger partial charge in [0.15, 0.2) is 5.69 Å². The Labute approximate surface area is 128 Å². The Morgan fingerprint density at radius 1 is 1.41 bits per heavy atom. The highest BCUT2D eigenvalue weighted by molar-refractivity contribution is 5.93. The number of nitrogen functional groups attached to an aromatic ring is 1. The Morgan fingerprint density at radius 3 is 2.95 bits per heavy atom. The monoisotopic (exact) mass is 304 g/mol. The summed E-state index contributed by atoms with van der Waals surface area (Å²) in [5.41, 5.74) is 7.60. The highest BCUT2D eigenvalue weighted by Gasteiger charge is 2.15. The third-order valence-electron chi connectivity index (χ3n) is 3.12. The van der Waals surface area contributed by atoms with Gasteiger partial charge in [-0.05, 0) is 31.9 Å². The standard InChI is InChI=1S/C15H20N4O3/c1-2-22-15(21)14-12(16)5-6-13(18-14)11-9-17-19(10-11)7-3-4-8-20/h5-6,9-10,20H,2-4,7-8,16H2,1H3. The maximum absolute atomic E-state index is 11.8. The second kappa shape index (κ2) is 7.56. The number of aromatic nitrogens is 3. The van der Waals surface area contributed by atoms with Gasteiger partial charge in [0.2, 0.25) is 0 Å². The zero-order valence-corrected chi connectivity index (χ0v) is 12.5. The first kappa shape index (κ1) is 16.0. The van der Waals surface area contributed by atoms with Crippen molar-refractivity contribution in [3.63, 3.8) is 0 Å². The summed E-state index contributed by atoms with van der Waals surface area (Å²) >= 11 is 0. The van der Waals surface area contributed by atoms with E-state index < -0.39 is 5.97 Å². The Bertz CT molecular complexity index is 639. The van der Waals surface area contributed by atoms with Crippen molar-refractivity contribution in [2.75, 3.05) is 18.9 Å². The van der Waals surface area contributed by atoms with Crippen LogP contribution in [-0.2, 0) is 11.3 Å². The number of aliphatic hydroxyl groups is 1. The molecule has 0 unspecified atom stereocenters. The number of nitrogens with two attached hydrogens (primary N) is 1. The first-order valence-corrected chi connectivity index (χ1v) is 7.23. The van der Waals surface area contributed by atoms with Crippen molar-refractivity contribution >= 4 is 11.7 Å². The van der Waals surface area contributed by atoms with Gasteiger partial charge in [-0.3, -0.25) is 4.68 Å². The van der Waals surface area contributed by atoms with Gasteiger partial charge in [-0.25, -0.2) is 9.78 Å². The van der Waals surface area contributed by atoms with Gasteiger partial charge in [0.25, 0.3) is 0 Å². The average molecular weight is 304 g/mol. The number of carbonyl (C=O) groups is 1. The van der Waals surface area contributed by atoms with Crippen LogP contribution in [0.1, 0.15) is 30.3 Å². The largest absolute Gasteiger partial charge is 0.461 e. The molecule has 2 aromatic rings. The van der Waals surface area contributed by atoms with Crippen LogP contribution in [0.25, 0.3) is 11.3 Å². The molecule has 0 saturated carbocycles. The summed E-state index contributed by atoms with van der Waals surface area (Å²) in [5, 5.41) is 13.0. The Kier molecular flexibility index (Phi) is 5.48. The van der Waals surface area contributed by atoms with Crippen LogP contribution in [0.15, 0.2) is 24.5 Å². The molecular weight excluding hydrogens is 284 g/mol. The van der Waals surface area contributed by atoms with Crippen LogP contribution >= 0.6 is 0 Å². The van der Waals surface area contributed by atoms with Gasteiger partial charge in [0.1, 0.15) is 0 Å². The molecule has 2 aromatic heterocycles. The number of rotatable bonds is 7. The molecule has 3 N–H and O–H groups in total. The van der Waals surface area contributed by atoms with Crippen molar-refractivity contribution < 1.29 is 14.6 Å². The lowest BCUT2D eigenvalue weighted by Gasteiger charge is -2.06. The lowest BCUT2D eigenvalue weighted by Crippen LogP contribution is -2.10. The van der Waals surface area contributed by atoms with Crippen LogP contribution in [0.2, 0.25) is 0 Å². The molecule has 0 fully saturated rings. The van der Waals surface area contributed by atoms with E-state index in [1.165, 1.54) is 0 Å². The van der Waals surface area contributed by atoms with Gasteiger partial charge in [0.05, 0.1) is 24.2 Å². The summed E-state index contributed by atoms with van der Waals surface area (Å²) in [6, 6.07) is 3.38. The number of esters is 1. The zero-order chi connectivity index (χ0) is 15.9. The van der Waals surface area contributed by atoms with Crippen molar-refractivity contribution in [3.05, 3.63) is 30.2 Å². The van der Waals surface area contributed by atoms with Gasteiger partial charge in [-0.15, -0.1) is 0 Å². The summed E-state index contributed by atoms with van der Waals surface area (Å²) in [7, 11) is 0. The predicted octanol–water partition coefficient (Wildman–Crippen LogP) is 1.48. The molecule has 0 bridgehead atoms. The number of hydrogen-bond acceptors (Lipinski definition) is 6. The quantitative estimate of drug-likeness (QED) is 0.593. The molecule has 0 aromatic carbocycles. The van der Waals surface area contributed by atoms with Crippen LogP contribution in [0.3, 0.4) is 0 Å². The van der Waals surface area contributed by atoms with Crippen molar-refractivity contribution in [1.29, 1.82) is 0 Å². The van der Waals surface area contributed by atoms with Crippen LogP contribution < -0.4 is 5.73 Å². The fourth-order valence-electron chi connectivity index (χ4n) is 2.00. The molecule has 0 atom stereocenters. The SMILES string of the molecule is CCOC(=O)c1nc(-c2cnn(CCCCO)c2)ccc1N. The first-order valence-electron chi connectivity index (χ1n) is 7.23. The minimum atomic E-state index is -0.530. The Balaban J connectivity index is 2.18. The number of nitrogens with zero attached hydrogens (tertiary/aromatic N) is 3. The lowest BCUT2D eigenvalue weighted by atomic mass is 10.2. The van der Waals surface area contributed by atoms with Crippen LogP contribution in [0.4, 0.5) is 5.69 Å². The normalized spacial score (nSPS) is 10.6. The van der Waals surface area contributed by atoms with Crippen LogP contribution in [0.5, 0.6) is 0 Å². The number of pyridine rings is 1. The van der Waals surface area contributed by atoms with Gasteiger partial charge in [-0.1, -0.05) is 0 Å². The summed E-state index contributed by atoms with van der Waals surface area (Å²) in [6.07, 6.45) is 5.13. The second-order valence-corrected chi connectivity index (χ2v) is 4.78. The van der Waals surface area contributed by atoms with E-state index in [4.69, 9.17) is 15.6 Å². The molecule has 0 aliphatic carbocycles. The molecule has 0 spiro atoms. The maximum Gasteiger partial charge on any atom is 0.359 e. The minimum absolute atomic E-state index is 0.118. The van der Waals surface area contributed by atoms with Crippen molar-refractivity contribution in [3.8, 4) is 11.3 Å². The summed E-state index contributed by atoms with van der Waals surface area (Å²) in [5.74, 6) is -0.530. The lowest BCUT2D eigenvalue weighted by molar-refractivity contribution is 0.0521. The van der Waals surface area contributed by atoms with E-state index >= 15 is 0 Å². The van der Waals surface area contributed by atoms with E-state index in [1.54, 1.807) is 29.9 Å². The smallest absolute Gasteiger partial charge is 0.359 e. The van der Waals surface area contributed by atoms with E-state index in [9.17, 15) is 4.79 Å². The first-order chi connectivity index (χ1) is 10.7. The molecule has 118 valence electrons. The number of hydrogen-bond donors (Lipinski definition) is 2. The molecule has 7 nitrogen and oxygen atoms in total.